The van der Waals surface area contributed by atoms with Crippen LogP contribution in [0.25, 0.3) is 0 Å². The van der Waals surface area contributed by atoms with Crippen molar-refractivity contribution in [3.8, 4) is 0 Å². The van der Waals surface area contributed by atoms with Crippen molar-refractivity contribution < 1.29 is 62.6 Å². The summed E-state index contributed by atoms with van der Waals surface area (Å²) in [7, 11) is 0. The topological polar surface area (TPSA) is 483 Å². The van der Waals surface area contributed by atoms with Crippen LogP contribution in [0.4, 0.5) is 0 Å². The molecule has 1 aliphatic rings. The number of nitrogens with zero attached hydrogens (tertiary/aromatic N) is 2. The molecular weight excluding hydrogens is 981 g/mol. The van der Waals surface area contributed by atoms with Crippen molar-refractivity contribution >= 4 is 83.5 Å². The first kappa shape index (κ1) is 62.2. The minimum atomic E-state index is -1.63. The first-order valence-electron chi connectivity index (χ1n) is 23.6. The average molecular weight is 1050 g/mol. The molecule has 1 aromatic rings. The van der Waals surface area contributed by atoms with E-state index in [-0.39, 0.29) is 44.4 Å². The van der Waals surface area contributed by atoms with Gasteiger partial charge < -0.3 is 86.2 Å². The van der Waals surface area contributed by atoms with E-state index >= 15 is 0 Å². The highest BCUT2D eigenvalue weighted by atomic mass is 32.1. The van der Waals surface area contributed by atoms with Gasteiger partial charge in [0.25, 0.3) is 0 Å². The summed E-state index contributed by atoms with van der Waals surface area (Å²) in [6.45, 7) is 5.34. The van der Waals surface area contributed by atoms with E-state index in [4.69, 9.17) is 28.7 Å². The number of aliphatic hydroxyl groups is 1. The largest absolute Gasteiger partial charge is 0.394 e. The number of nitrogens with one attached hydrogen (secondary N) is 9. The molecular formula is C43H72N16O13S. The van der Waals surface area contributed by atoms with Gasteiger partial charge in [-0.25, -0.2) is 4.98 Å². The van der Waals surface area contributed by atoms with Gasteiger partial charge in [-0.05, 0) is 64.8 Å². The Morgan fingerprint density at radius 3 is 1.81 bits per heavy atom. The Balaban J connectivity index is 2.16. The number of hydrogen-bond acceptors (Lipinski definition) is 17. The number of amides is 12. The van der Waals surface area contributed by atoms with Gasteiger partial charge in [0.1, 0.15) is 54.4 Å². The lowest BCUT2D eigenvalue weighted by molar-refractivity contribution is -0.141. The van der Waals surface area contributed by atoms with Crippen molar-refractivity contribution in [2.24, 2.45) is 34.6 Å². The number of carbonyl (C=O) groups is 12. The normalized spacial score (nSPS) is 16.9. The van der Waals surface area contributed by atoms with Gasteiger partial charge in [-0.2, -0.15) is 12.6 Å². The van der Waals surface area contributed by atoms with Gasteiger partial charge in [0.15, 0.2) is 0 Å². The van der Waals surface area contributed by atoms with Crippen LogP contribution in [0.2, 0.25) is 0 Å². The lowest BCUT2D eigenvalue weighted by Gasteiger charge is -2.29. The van der Waals surface area contributed by atoms with Crippen LogP contribution in [-0.4, -0.2) is 177 Å². The maximum Gasteiger partial charge on any atom is 0.245 e. The van der Waals surface area contributed by atoms with E-state index in [2.05, 4.69) is 65.1 Å². The summed E-state index contributed by atoms with van der Waals surface area (Å²) < 4.78 is 0. The lowest BCUT2D eigenvalue weighted by Crippen LogP contribution is -2.61. The van der Waals surface area contributed by atoms with Gasteiger partial charge >= 0.3 is 0 Å². The molecule has 1 saturated heterocycles. The molecule has 30 heteroatoms. The number of rotatable bonds is 32. The van der Waals surface area contributed by atoms with Gasteiger partial charge in [-0.3, -0.25) is 57.5 Å². The summed E-state index contributed by atoms with van der Waals surface area (Å²) in [6.07, 6.45) is 3.25. The Kier molecular flexibility index (Phi) is 26.3. The number of primary amides is 3. The molecule has 0 saturated carbocycles. The molecule has 0 bridgehead atoms. The Hall–Kier alpha value is -6.92. The van der Waals surface area contributed by atoms with Crippen LogP contribution in [0.15, 0.2) is 12.5 Å². The van der Waals surface area contributed by atoms with Crippen molar-refractivity contribution in [1.29, 1.82) is 0 Å². The first-order valence-corrected chi connectivity index (χ1v) is 24.2. The molecule has 1 aromatic heterocycles. The van der Waals surface area contributed by atoms with Crippen LogP contribution in [-0.2, 0) is 64.0 Å². The number of imidazole rings is 1. The highest BCUT2D eigenvalue weighted by molar-refractivity contribution is 7.80. The summed E-state index contributed by atoms with van der Waals surface area (Å²) in [6, 6.07) is -13.2. The third-order valence-electron chi connectivity index (χ3n) is 11.5. The zero-order valence-corrected chi connectivity index (χ0v) is 42.2. The van der Waals surface area contributed by atoms with Crippen molar-refractivity contribution in [3.63, 3.8) is 0 Å². The first-order chi connectivity index (χ1) is 34.3. The van der Waals surface area contributed by atoms with E-state index in [1.165, 1.54) is 31.3 Å². The Morgan fingerprint density at radius 1 is 0.712 bits per heavy atom. The molecule has 2 rings (SSSR count). The number of nitrogens with two attached hydrogens (primary N) is 5. The molecule has 0 aliphatic carbocycles. The van der Waals surface area contributed by atoms with E-state index in [0.29, 0.717) is 31.5 Å². The van der Waals surface area contributed by atoms with Crippen LogP contribution in [0, 0.1) is 5.92 Å². The van der Waals surface area contributed by atoms with Crippen LogP contribution in [0.5, 0.6) is 0 Å². The highest BCUT2D eigenvalue weighted by Gasteiger charge is 2.39. The number of thiol groups is 1. The van der Waals surface area contributed by atoms with Gasteiger partial charge in [0.2, 0.25) is 70.9 Å². The van der Waals surface area contributed by atoms with Crippen LogP contribution >= 0.6 is 12.6 Å². The molecule has 1 fully saturated rings. The van der Waals surface area contributed by atoms with E-state index in [1.807, 2.05) is 0 Å². The number of unbranched alkanes of at least 4 members (excludes halogenated alkanes) is 1. The summed E-state index contributed by atoms with van der Waals surface area (Å²) in [5, 5.41) is 29.5. The molecule has 0 radical (unpaired) electrons. The second-order valence-electron chi connectivity index (χ2n) is 17.8. The fourth-order valence-corrected chi connectivity index (χ4v) is 7.57. The van der Waals surface area contributed by atoms with Crippen LogP contribution in [0.3, 0.4) is 0 Å². The number of H-pyrrole nitrogens is 1. The van der Waals surface area contributed by atoms with E-state index in [1.54, 1.807) is 13.8 Å². The predicted octanol–water partition coefficient (Wildman–Crippen LogP) is -7.48. The van der Waals surface area contributed by atoms with E-state index < -0.39 is 150 Å². The third kappa shape index (κ3) is 20.6. The fraction of sp³-hybridized carbons (Fsp3) is 0.651. The van der Waals surface area contributed by atoms with Crippen molar-refractivity contribution in [2.45, 2.75) is 146 Å². The molecule has 10 atom stereocenters. The zero-order valence-electron chi connectivity index (χ0n) is 41.3. The van der Waals surface area contributed by atoms with Gasteiger partial charge in [-0.15, -0.1) is 0 Å². The van der Waals surface area contributed by atoms with Crippen LogP contribution < -0.4 is 71.2 Å². The van der Waals surface area contributed by atoms with Crippen molar-refractivity contribution in [2.75, 3.05) is 25.4 Å². The van der Waals surface area contributed by atoms with Crippen LogP contribution in [0.1, 0.15) is 84.8 Å². The van der Waals surface area contributed by atoms with Gasteiger partial charge in [0, 0.05) is 37.0 Å². The molecule has 29 nitrogen and oxygen atoms in total. The summed E-state index contributed by atoms with van der Waals surface area (Å²) in [4.78, 5) is 163. The quantitative estimate of drug-likeness (QED) is 0.0235. The average Bonchev–Trinajstić information content (AvgIpc) is 4.04. The number of likely N-dealkylation sites (tertiary alicyclic amines) is 1. The summed E-state index contributed by atoms with van der Waals surface area (Å²) in [5.41, 5.74) is 27.5. The number of aromatic amines is 1. The SMILES string of the molecule is CC(NC(=O)C(CS)NC(=O)C(Cc1cnc[nH]1)NC(=O)C(C)NC(=O)C(NC(=O)C(CCCCN)NC(=O)C1CCCN1C(=O)C(N)CC(N)=O)C(C)C)C(=O)NC(CO)C(=O)NC(CCC(N)=O)C(N)=O. The maximum atomic E-state index is 13.8. The Labute approximate surface area is 426 Å². The van der Waals surface area contributed by atoms with Crippen molar-refractivity contribution in [3.05, 3.63) is 18.2 Å². The molecule has 12 amide bonds. The molecule has 0 spiro atoms. The summed E-state index contributed by atoms with van der Waals surface area (Å²) in [5.74, 6) is -11.0. The monoisotopic (exact) mass is 1050 g/mol. The third-order valence-corrected chi connectivity index (χ3v) is 11.9. The number of hydrogen-bond donors (Lipinski definition) is 16. The molecule has 10 unspecified atom stereocenters. The fourth-order valence-electron chi connectivity index (χ4n) is 7.31. The minimum Gasteiger partial charge on any atom is -0.394 e. The van der Waals surface area contributed by atoms with Crippen molar-refractivity contribution in [1.82, 2.24) is 57.4 Å². The van der Waals surface area contributed by atoms with Gasteiger partial charge in [0.05, 0.1) is 25.4 Å². The molecule has 73 heavy (non-hydrogen) atoms. The Morgan fingerprint density at radius 2 is 1.27 bits per heavy atom. The second kappa shape index (κ2) is 30.8. The molecule has 1 aliphatic heterocycles. The Bertz CT molecular complexity index is 2110. The van der Waals surface area contributed by atoms with E-state index in [0.717, 1.165) is 0 Å². The number of aromatic nitrogens is 2. The summed E-state index contributed by atoms with van der Waals surface area (Å²) >= 11 is 4.17. The molecule has 408 valence electrons. The molecule has 20 N–H and O–H groups in total. The zero-order chi connectivity index (χ0) is 55.1. The van der Waals surface area contributed by atoms with E-state index in [9.17, 15) is 62.6 Å². The highest BCUT2D eigenvalue weighted by Crippen LogP contribution is 2.20. The lowest BCUT2D eigenvalue weighted by atomic mass is 10.0. The predicted molar refractivity (Wildman–Crippen MR) is 262 cm³/mol. The molecule has 0 aromatic carbocycles. The molecule has 2 heterocycles. The number of carbonyl (C=O) groups excluding carboxylic acids is 12. The number of aliphatic hydroxyl groups excluding tert-OH is 1. The van der Waals surface area contributed by atoms with Gasteiger partial charge in [-0.1, -0.05) is 13.8 Å². The maximum absolute atomic E-state index is 13.8. The standard InChI is InChI=1S/C43H72N16O13S/c1-20(2)33(58-37(66)26(8-5-6-12-44)54-41(70)30-9-7-13-59(30)43(72)24(45)15-32(47)62)42(71)52-22(4)35(64)55-27(14-23-16-49-19-50-23)38(67)57-29(18-73)40(69)51-21(3)36(65)56-28(17-60)39(68)53-25(34(48)63)10-11-31(46)61/h16,19-22,24-30,33,60,73H,5-15,17-18,44-45H2,1-4H3,(H2,46,61)(H2,47,62)(H2,48,63)(H,49,50)(H,51,69)(H,52,71)(H,53,68)(H,54,70)(H,55,64)(H,56,65)(H,57,67)(H,58,66). The smallest absolute Gasteiger partial charge is 0.245 e. The minimum absolute atomic E-state index is 0.112. The second-order valence-corrected chi connectivity index (χ2v) is 18.2.